The molecular weight excluding hydrogens is 270 g/mol. The van der Waals surface area contributed by atoms with E-state index in [1.165, 1.54) is 12.0 Å². The number of amides is 1. The maximum atomic E-state index is 10.3. The zero-order valence-corrected chi connectivity index (χ0v) is 12.1. The van der Waals surface area contributed by atoms with Gasteiger partial charge in [0.2, 0.25) is 0 Å². The molecule has 116 valence electrons. The highest BCUT2D eigenvalue weighted by atomic mass is 16.5. The zero-order chi connectivity index (χ0) is 15.1. The molecule has 21 heavy (non-hydrogen) atoms. The second-order valence-corrected chi connectivity index (χ2v) is 5.54. The Morgan fingerprint density at radius 2 is 1.95 bits per heavy atom. The fourth-order valence-electron chi connectivity index (χ4n) is 2.78. The summed E-state index contributed by atoms with van der Waals surface area (Å²) >= 11 is 0. The zero-order valence-electron chi connectivity index (χ0n) is 12.1. The van der Waals surface area contributed by atoms with E-state index >= 15 is 0 Å². The highest BCUT2D eigenvalue weighted by molar-refractivity contribution is 5.64. The Bertz CT molecular complexity index is 446. The van der Waals surface area contributed by atoms with Crippen LogP contribution in [-0.2, 0) is 6.42 Å². The van der Waals surface area contributed by atoms with Crippen molar-refractivity contribution in [2.24, 2.45) is 5.92 Å². The predicted octanol–water partition coefficient (Wildman–Crippen LogP) is 2.43. The van der Waals surface area contributed by atoms with Crippen LogP contribution in [0.5, 0.6) is 5.75 Å². The van der Waals surface area contributed by atoms with E-state index < -0.39 is 6.09 Å². The molecule has 3 N–H and O–H groups in total. The van der Waals surface area contributed by atoms with Gasteiger partial charge >= 0.3 is 6.09 Å². The van der Waals surface area contributed by atoms with Crippen LogP contribution < -0.4 is 10.1 Å². The Morgan fingerprint density at radius 1 is 1.24 bits per heavy atom. The van der Waals surface area contributed by atoms with Crippen molar-refractivity contribution < 1.29 is 19.7 Å². The first-order chi connectivity index (χ1) is 10.1. The van der Waals surface area contributed by atoms with Crippen LogP contribution in [0.4, 0.5) is 4.79 Å². The summed E-state index contributed by atoms with van der Waals surface area (Å²) in [5.41, 5.74) is 1.21. The summed E-state index contributed by atoms with van der Waals surface area (Å²) in [4.78, 5) is 10.3. The molecule has 1 fully saturated rings. The highest BCUT2D eigenvalue weighted by Crippen LogP contribution is 2.27. The number of nitrogens with one attached hydrogen (secondary N) is 1. The Hall–Kier alpha value is -1.75. The lowest BCUT2D eigenvalue weighted by atomic mass is 9.82. The maximum absolute atomic E-state index is 10.3. The number of carboxylic acid groups (broad SMARTS) is 1. The van der Waals surface area contributed by atoms with Crippen LogP contribution in [0.2, 0.25) is 0 Å². The summed E-state index contributed by atoms with van der Waals surface area (Å²) in [6.07, 6.45) is 4.05. The number of rotatable bonds is 6. The maximum Gasteiger partial charge on any atom is 0.404 e. The van der Waals surface area contributed by atoms with Crippen molar-refractivity contribution in [3.05, 3.63) is 29.8 Å². The van der Waals surface area contributed by atoms with E-state index in [1.54, 1.807) is 0 Å². The van der Waals surface area contributed by atoms with Crippen molar-refractivity contribution in [3.63, 3.8) is 0 Å². The van der Waals surface area contributed by atoms with Crippen molar-refractivity contribution >= 4 is 6.09 Å². The summed E-state index contributed by atoms with van der Waals surface area (Å²) in [6.45, 7) is 0.582. The Morgan fingerprint density at radius 3 is 2.62 bits per heavy atom. The first-order valence-corrected chi connectivity index (χ1v) is 7.52. The summed E-state index contributed by atoms with van der Waals surface area (Å²) in [5.74, 6) is 1.10. The number of carbonyl (C=O) groups is 1. The third-order valence-corrected chi connectivity index (χ3v) is 3.94. The Kier molecular flexibility index (Phi) is 5.87. The first-order valence-electron chi connectivity index (χ1n) is 7.52. The number of hydrogen-bond donors (Lipinski definition) is 3. The molecule has 0 spiro atoms. The molecule has 0 bridgehead atoms. The first kappa shape index (κ1) is 15.6. The standard InChI is InChI=1S/C16H23NO4/c18-15-4-2-1-3-13(15)11-12-5-7-14(8-6-12)21-10-9-17-16(19)20/h5-8,13,15,17-18H,1-4,9-11H2,(H,19,20). The number of benzene rings is 1. The average molecular weight is 293 g/mol. The lowest BCUT2D eigenvalue weighted by Gasteiger charge is -2.27. The summed E-state index contributed by atoms with van der Waals surface area (Å²) in [5, 5.41) is 20.7. The number of aliphatic hydroxyl groups excluding tert-OH is 1. The number of ether oxygens (including phenoxy) is 1. The molecule has 1 amide bonds. The average Bonchev–Trinajstić information content (AvgIpc) is 2.47. The molecule has 0 saturated heterocycles. The van der Waals surface area contributed by atoms with Crippen molar-refractivity contribution in [2.75, 3.05) is 13.2 Å². The Balaban J connectivity index is 1.77. The third kappa shape index (κ3) is 5.27. The van der Waals surface area contributed by atoms with E-state index in [2.05, 4.69) is 5.32 Å². The van der Waals surface area contributed by atoms with Gasteiger partial charge in [-0.3, -0.25) is 0 Å². The molecule has 1 aliphatic rings. The third-order valence-electron chi connectivity index (χ3n) is 3.94. The minimum Gasteiger partial charge on any atom is -0.492 e. The van der Waals surface area contributed by atoms with E-state index in [9.17, 15) is 9.90 Å². The van der Waals surface area contributed by atoms with Gasteiger partial charge in [0.25, 0.3) is 0 Å². The van der Waals surface area contributed by atoms with Gasteiger partial charge in [-0.2, -0.15) is 0 Å². The molecule has 1 aromatic carbocycles. The molecule has 0 aromatic heterocycles. The normalized spacial score (nSPS) is 21.8. The molecule has 2 rings (SSSR count). The second-order valence-electron chi connectivity index (χ2n) is 5.54. The molecule has 0 aliphatic heterocycles. The van der Waals surface area contributed by atoms with Crippen LogP contribution in [0.1, 0.15) is 31.2 Å². The molecule has 2 atom stereocenters. The minimum absolute atomic E-state index is 0.170. The van der Waals surface area contributed by atoms with E-state index in [1.807, 2.05) is 24.3 Å². The summed E-state index contributed by atoms with van der Waals surface area (Å²) < 4.78 is 5.45. The largest absolute Gasteiger partial charge is 0.492 e. The van der Waals surface area contributed by atoms with Crippen LogP contribution in [-0.4, -0.2) is 35.6 Å². The SMILES string of the molecule is O=C(O)NCCOc1ccc(CC2CCCCC2O)cc1. The Labute approximate surface area is 124 Å². The highest BCUT2D eigenvalue weighted by Gasteiger charge is 2.22. The van der Waals surface area contributed by atoms with E-state index in [4.69, 9.17) is 9.84 Å². The van der Waals surface area contributed by atoms with Gasteiger partial charge in [0, 0.05) is 0 Å². The topological polar surface area (TPSA) is 78.8 Å². The quantitative estimate of drug-likeness (QED) is 0.704. The molecule has 0 radical (unpaired) electrons. The fraction of sp³-hybridized carbons (Fsp3) is 0.562. The molecular formula is C16H23NO4. The summed E-state index contributed by atoms with van der Waals surface area (Å²) in [7, 11) is 0. The van der Waals surface area contributed by atoms with Gasteiger partial charge in [0.15, 0.2) is 0 Å². The van der Waals surface area contributed by atoms with Gasteiger partial charge in [-0.1, -0.05) is 25.0 Å². The fourth-order valence-corrected chi connectivity index (χ4v) is 2.78. The van der Waals surface area contributed by atoms with Crippen LogP contribution in [0.3, 0.4) is 0 Å². The molecule has 5 nitrogen and oxygen atoms in total. The predicted molar refractivity (Wildman–Crippen MR) is 79.6 cm³/mol. The molecule has 2 unspecified atom stereocenters. The van der Waals surface area contributed by atoms with E-state index in [0.29, 0.717) is 12.5 Å². The van der Waals surface area contributed by atoms with Gasteiger partial charge < -0.3 is 20.3 Å². The van der Waals surface area contributed by atoms with Crippen LogP contribution in [0.25, 0.3) is 0 Å². The minimum atomic E-state index is -1.04. The monoisotopic (exact) mass is 293 g/mol. The second kappa shape index (κ2) is 7.88. The summed E-state index contributed by atoms with van der Waals surface area (Å²) in [6, 6.07) is 7.82. The van der Waals surface area contributed by atoms with Gasteiger partial charge in [0.1, 0.15) is 12.4 Å². The van der Waals surface area contributed by atoms with Gasteiger partial charge in [-0.05, 0) is 42.9 Å². The molecule has 5 heteroatoms. The van der Waals surface area contributed by atoms with Gasteiger partial charge in [0.05, 0.1) is 12.6 Å². The smallest absolute Gasteiger partial charge is 0.404 e. The molecule has 0 heterocycles. The van der Waals surface area contributed by atoms with Crippen molar-refractivity contribution in [1.29, 1.82) is 0 Å². The van der Waals surface area contributed by atoms with E-state index in [0.717, 1.165) is 31.4 Å². The lowest BCUT2D eigenvalue weighted by Crippen LogP contribution is -2.26. The van der Waals surface area contributed by atoms with Crippen LogP contribution >= 0.6 is 0 Å². The van der Waals surface area contributed by atoms with E-state index in [-0.39, 0.29) is 12.6 Å². The van der Waals surface area contributed by atoms with Crippen LogP contribution in [0.15, 0.2) is 24.3 Å². The number of aliphatic hydroxyl groups is 1. The lowest BCUT2D eigenvalue weighted by molar-refractivity contribution is 0.0700. The molecule has 1 aliphatic carbocycles. The van der Waals surface area contributed by atoms with Crippen LogP contribution in [0, 0.1) is 5.92 Å². The number of hydrogen-bond acceptors (Lipinski definition) is 3. The molecule has 1 saturated carbocycles. The van der Waals surface area contributed by atoms with Gasteiger partial charge in [-0.25, -0.2) is 4.79 Å². The molecule has 1 aromatic rings. The van der Waals surface area contributed by atoms with Crippen molar-refractivity contribution in [1.82, 2.24) is 5.32 Å². The van der Waals surface area contributed by atoms with Gasteiger partial charge in [-0.15, -0.1) is 0 Å². The van der Waals surface area contributed by atoms with Crippen molar-refractivity contribution in [3.8, 4) is 5.75 Å². The van der Waals surface area contributed by atoms with Crippen molar-refractivity contribution in [2.45, 2.75) is 38.2 Å².